The van der Waals surface area contributed by atoms with E-state index in [4.69, 9.17) is 9.47 Å². The van der Waals surface area contributed by atoms with E-state index < -0.39 is 5.97 Å². The van der Waals surface area contributed by atoms with Crippen LogP contribution in [0.4, 0.5) is 5.69 Å². The summed E-state index contributed by atoms with van der Waals surface area (Å²) >= 11 is 0. The molecule has 1 aromatic heterocycles. The molecule has 26 heavy (non-hydrogen) atoms. The molecule has 3 rings (SSSR count). The van der Waals surface area contributed by atoms with Gasteiger partial charge in [0.15, 0.2) is 5.69 Å². The summed E-state index contributed by atoms with van der Waals surface area (Å²) in [4.78, 5) is 28.4. The van der Waals surface area contributed by atoms with E-state index in [9.17, 15) is 9.59 Å². The molecule has 2 aromatic carbocycles. The summed E-state index contributed by atoms with van der Waals surface area (Å²) in [5.74, 6) is -0.272. The van der Waals surface area contributed by atoms with Crippen molar-refractivity contribution in [3.05, 3.63) is 65.4 Å². The molecule has 132 valence electrons. The number of fused-ring (bicyclic) bond motifs is 1. The highest BCUT2D eigenvalue weighted by atomic mass is 16.5. The number of methoxy groups -OCH3 is 2. The zero-order valence-corrected chi connectivity index (χ0v) is 14.7. The highest BCUT2D eigenvalue weighted by molar-refractivity contribution is 6.05. The zero-order chi connectivity index (χ0) is 18.7. The van der Waals surface area contributed by atoms with Gasteiger partial charge in [0.05, 0.1) is 19.7 Å². The molecule has 6 heteroatoms. The first kappa shape index (κ1) is 17.4. The van der Waals surface area contributed by atoms with Gasteiger partial charge in [-0.3, -0.25) is 4.79 Å². The maximum Gasteiger partial charge on any atom is 0.356 e. The van der Waals surface area contributed by atoms with Crippen LogP contribution in [0, 0.1) is 6.92 Å². The van der Waals surface area contributed by atoms with Crippen LogP contribution in [0.2, 0.25) is 0 Å². The Bertz CT molecular complexity index is 981. The van der Waals surface area contributed by atoms with Crippen LogP contribution in [0.15, 0.2) is 48.5 Å². The van der Waals surface area contributed by atoms with Gasteiger partial charge < -0.3 is 14.8 Å². The second-order valence-electron chi connectivity index (χ2n) is 5.75. The molecule has 1 N–H and O–H groups in total. The number of aryl methyl sites for hydroxylation is 1. The van der Waals surface area contributed by atoms with Crippen molar-refractivity contribution in [3.8, 4) is 5.75 Å². The number of rotatable bonds is 4. The van der Waals surface area contributed by atoms with E-state index >= 15 is 0 Å². The van der Waals surface area contributed by atoms with E-state index in [2.05, 4.69) is 10.3 Å². The number of anilines is 1. The van der Waals surface area contributed by atoms with Crippen LogP contribution in [-0.4, -0.2) is 31.1 Å². The average molecular weight is 350 g/mol. The fourth-order valence-electron chi connectivity index (χ4n) is 2.56. The maximum absolute atomic E-state index is 12.4. The van der Waals surface area contributed by atoms with Gasteiger partial charge in [-0.05, 0) is 37.3 Å². The minimum atomic E-state index is -0.540. The Morgan fingerprint density at radius 1 is 1.00 bits per heavy atom. The molecule has 0 aliphatic carbocycles. The Kier molecular flexibility index (Phi) is 4.84. The fraction of sp³-hybridized carbons (Fsp3) is 0.150. The minimum Gasteiger partial charge on any atom is -0.496 e. The van der Waals surface area contributed by atoms with Crippen LogP contribution < -0.4 is 10.1 Å². The third kappa shape index (κ3) is 3.49. The summed E-state index contributed by atoms with van der Waals surface area (Å²) in [7, 11) is 2.80. The predicted octanol–water partition coefficient (Wildman–Crippen LogP) is 3.59. The molecule has 0 atom stereocenters. The third-order valence-electron chi connectivity index (χ3n) is 3.96. The molecule has 1 heterocycles. The number of esters is 1. The lowest BCUT2D eigenvalue weighted by Gasteiger charge is -2.10. The van der Waals surface area contributed by atoms with Gasteiger partial charge in [-0.2, -0.15) is 0 Å². The molecule has 0 unspecified atom stereocenters. The molecule has 0 aliphatic heterocycles. The molecule has 0 fully saturated rings. The van der Waals surface area contributed by atoms with E-state index in [1.165, 1.54) is 20.3 Å². The molecule has 0 saturated heterocycles. The number of nitrogens with zero attached hydrogens (tertiary/aromatic N) is 1. The van der Waals surface area contributed by atoms with Crippen molar-refractivity contribution in [1.82, 2.24) is 4.98 Å². The van der Waals surface area contributed by atoms with Gasteiger partial charge in [-0.1, -0.05) is 17.7 Å². The molecule has 6 nitrogen and oxygen atoms in total. The summed E-state index contributed by atoms with van der Waals surface area (Å²) in [5, 5.41) is 3.54. The number of hydrogen-bond acceptors (Lipinski definition) is 5. The number of amides is 1. The number of hydrogen-bond donors (Lipinski definition) is 1. The molecule has 0 aliphatic rings. The van der Waals surface area contributed by atoms with Crippen molar-refractivity contribution >= 4 is 28.5 Å². The summed E-state index contributed by atoms with van der Waals surface area (Å²) in [6.45, 7) is 1.97. The zero-order valence-electron chi connectivity index (χ0n) is 14.7. The van der Waals surface area contributed by atoms with Gasteiger partial charge in [0.25, 0.3) is 5.91 Å². The number of carbonyl (C=O) groups excluding carboxylic acids is 2. The van der Waals surface area contributed by atoms with Gasteiger partial charge in [0.2, 0.25) is 0 Å². The number of carbonyl (C=O) groups is 2. The van der Waals surface area contributed by atoms with Crippen LogP contribution in [0.1, 0.15) is 26.4 Å². The highest BCUT2D eigenvalue weighted by Crippen LogP contribution is 2.28. The summed E-state index contributed by atoms with van der Waals surface area (Å²) in [6, 6.07) is 14.0. The smallest absolute Gasteiger partial charge is 0.356 e. The largest absolute Gasteiger partial charge is 0.496 e. The maximum atomic E-state index is 12.4. The van der Waals surface area contributed by atoms with Crippen LogP contribution >= 0.6 is 0 Å². The number of aromatic nitrogens is 1. The van der Waals surface area contributed by atoms with E-state index in [0.717, 1.165) is 5.56 Å². The number of benzene rings is 2. The number of pyridine rings is 1. The highest BCUT2D eigenvalue weighted by Gasteiger charge is 2.14. The molecule has 0 radical (unpaired) electrons. The first-order valence-electron chi connectivity index (χ1n) is 7.97. The molecule has 0 bridgehead atoms. The van der Waals surface area contributed by atoms with E-state index in [0.29, 0.717) is 27.9 Å². The van der Waals surface area contributed by atoms with Crippen molar-refractivity contribution in [3.63, 3.8) is 0 Å². The normalized spacial score (nSPS) is 10.4. The number of nitrogens with one attached hydrogen (secondary N) is 1. The first-order chi connectivity index (χ1) is 12.5. The summed E-state index contributed by atoms with van der Waals surface area (Å²) in [6.07, 6.45) is 0. The molecule has 0 saturated carbocycles. The minimum absolute atomic E-state index is 0.160. The second-order valence-corrected chi connectivity index (χ2v) is 5.75. The standard InChI is InChI=1S/C20H18N2O4/c1-12-4-6-13(7-5-12)19(23)21-14-8-9-16-15(10-14)18(25-2)11-17(22-16)20(24)26-3/h4-11H,1-3H3,(H,21,23). The molecular weight excluding hydrogens is 332 g/mol. The van der Waals surface area contributed by atoms with Gasteiger partial charge in [-0.15, -0.1) is 0 Å². The van der Waals surface area contributed by atoms with Crippen LogP contribution in [0.3, 0.4) is 0 Å². The lowest BCUT2D eigenvalue weighted by atomic mass is 10.1. The second kappa shape index (κ2) is 7.23. The molecule has 3 aromatic rings. The Hall–Kier alpha value is -3.41. The van der Waals surface area contributed by atoms with Crippen molar-refractivity contribution < 1.29 is 19.1 Å². The third-order valence-corrected chi connectivity index (χ3v) is 3.96. The average Bonchev–Trinajstić information content (AvgIpc) is 2.66. The Morgan fingerprint density at radius 3 is 2.38 bits per heavy atom. The van der Waals surface area contributed by atoms with Crippen molar-refractivity contribution in [2.24, 2.45) is 0 Å². The molecular formula is C20H18N2O4. The SMILES string of the molecule is COC(=O)c1cc(OC)c2cc(NC(=O)c3ccc(C)cc3)ccc2n1. The quantitative estimate of drug-likeness (QED) is 0.728. The van der Waals surface area contributed by atoms with Crippen molar-refractivity contribution in [2.45, 2.75) is 6.92 Å². The lowest BCUT2D eigenvalue weighted by molar-refractivity contribution is 0.0594. The molecule has 0 spiro atoms. The van der Waals surface area contributed by atoms with Crippen LogP contribution in [0.5, 0.6) is 5.75 Å². The topological polar surface area (TPSA) is 77.5 Å². The first-order valence-corrected chi connectivity index (χ1v) is 7.97. The van der Waals surface area contributed by atoms with Crippen LogP contribution in [0.25, 0.3) is 10.9 Å². The van der Waals surface area contributed by atoms with E-state index in [-0.39, 0.29) is 11.6 Å². The van der Waals surface area contributed by atoms with Gasteiger partial charge >= 0.3 is 5.97 Å². The Morgan fingerprint density at radius 2 is 1.73 bits per heavy atom. The Balaban J connectivity index is 1.94. The lowest BCUT2D eigenvalue weighted by Crippen LogP contribution is -2.12. The van der Waals surface area contributed by atoms with E-state index in [1.54, 1.807) is 30.3 Å². The number of ether oxygens (including phenoxy) is 2. The van der Waals surface area contributed by atoms with Gasteiger partial charge in [-0.25, -0.2) is 9.78 Å². The summed E-state index contributed by atoms with van der Waals surface area (Å²) in [5.41, 5.74) is 2.99. The van der Waals surface area contributed by atoms with E-state index in [1.807, 2.05) is 19.1 Å². The summed E-state index contributed by atoms with van der Waals surface area (Å²) < 4.78 is 10.1. The van der Waals surface area contributed by atoms with Crippen LogP contribution in [-0.2, 0) is 4.74 Å². The van der Waals surface area contributed by atoms with Crippen molar-refractivity contribution in [1.29, 1.82) is 0 Å². The predicted molar refractivity (Wildman–Crippen MR) is 98.8 cm³/mol. The molecule has 1 amide bonds. The van der Waals surface area contributed by atoms with Crippen molar-refractivity contribution in [2.75, 3.05) is 19.5 Å². The van der Waals surface area contributed by atoms with Gasteiger partial charge in [0, 0.05) is 22.7 Å². The van der Waals surface area contributed by atoms with Gasteiger partial charge in [0.1, 0.15) is 5.75 Å². The fourth-order valence-corrected chi connectivity index (χ4v) is 2.56. The monoisotopic (exact) mass is 350 g/mol. The Labute approximate surface area is 150 Å².